The van der Waals surface area contributed by atoms with Crippen molar-refractivity contribution in [2.24, 2.45) is 0 Å². The fraction of sp³-hybridized carbons (Fsp3) is 0.400. The van der Waals surface area contributed by atoms with Crippen molar-refractivity contribution in [2.75, 3.05) is 0 Å². The normalized spacial score (nSPS) is 20.7. The van der Waals surface area contributed by atoms with Crippen LogP contribution in [0, 0.1) is 11.3 Å². The van der Waals surface area contributed by atoms with Crippen LogP contribution in [0.15, 0.2) is 30.2 Å². The molecule has 1 aliphatic rings. The van der Waals surface area contributed by atoms with Gasteiger partial charge in [0.05, 0.1) is 22.8 Å². The molecule has 0 unspecified atom stereocenters. The summed E-state index contributed by atoms with van der Waals surface area (Å²) >= 11 is 0. The van der Waals surface area contributed by atoms with Crippen LogP contribution in [-0.4, -0.2) is 18.3 Å². The van der Waals surface area contributed by atoms with Crippen LogP contribution in [0.2, 0.25) is 0 Å². The molecule has 1 aromatic carbocycles. The molecule has 2 rings (SSSR count). The number of rotatable bonds is 2. The van der Waals surface area contributed by atoms with Gasteiger partial charge in [-0.15, -0.1) is 0 Å². The third kappa shape index (κ3) is 2.89. The van der Waals surface area contributed by atoms with Gasteiger partial charge in [-0.05, 0) is 45.4 Å². The van der Waals surface area contributed by atoms with Gasteiger partial charge >= 0.3 is 7.12 Å². The van der Waals surface area contributed by atoms with Crippen molar-refractivity contribution in [3.05, 3.63) is 41.4 Å². The molecule has 4 heteroatoms. The number of hydrogen-bond donors (Lipinski definition) is 0. The van der Waals surface area contributed by atoms with Crippen LogP contribution in [0.5, 0.6) is 0 Å². The van der Waals surface area contributed by atoms with E-state index in [1.807, 2.05) is 51.9 Å². The summed E-state index contributed by atoms with van der Waals surface area (Å²) in [5, 5.41) is 8.74. The first-order valence-electron chi connectivity index (χ1n) is 6.38. The highest BCUT2D eigenvalue weighted by Gasteiger charge is 2.49. The maximum Gasteiger partial charge on any atom is 0.487 e. The van der Waals surface area contributed by atoms with Crippen LogP contribution in [0.25, 0.3) is 6.08 Å². The molecule has 0 aliphatic carbocycles. The molecule has 0 bridgehead atoms. The van der Waals surface area contributed by atoms with Crippen LogP contribution in [0.4, 0.5) is 0 Å². The molecule has 0 saturated carbocycles. The SMILES string of the molecule is CC1(C)OB(/C=C/c2ccc(C#N)cc2)OC1(C)C. The van der Waals surface area contributed by atoms with Crippen molar-refractivity contribution in [1.82, 2.24) is 0 Å². The van der Waals surface area contributed by atoms with E-state index < -0.39 is 0 Å². The monoisotopic (exact) mass is 255 g/mol. The first kappa shape index (κ1) is 13.9. The van der Waals surface area contributed by atoms with E-state index in [0.717, 1.165) is 5.56 Å². The molecule has 0 spiro atoms. The lowest BCUT2D eigenvalue weighted by molar-refractivity contribution is 0.00578. The second kappa shape index (κ2) is 4.84. The van der Waals surface area contributed by atoms with Crippen molar-refractivity contribution in [1.29, 1.82) is 5.26 Å². The number of hydrogen-bond acceptors (Lipinski definition) is 3. The molecule has 1 aromatic rings. The zero-order valence-corrected chi connectivity index (χ0v) is 11.8. The minimum absolute atomic E-state index is 0.313. The average Bonchev–Trinajstić information content (AvgIpc) is 2.56. The van der Waals surface area contributed by atoms with Gasteiger partial charge in [0.15, 0.2) is 0 Å². The lowest BCUT2D eigenvalue weighted by atomic mass is 9.89. The molecule has 0 atom stereocenters. The van der Waals surface area contributed by atoms with Crippen molar-refractivity contribution < 1.29 is 9.31 Å². The molecule has 1 aliphatic heterocycles. The Bertz CT molecular complexity index is 510. The summed E-state index contributed by atoms with van der Waals surface area (Å²) in [6.07, 6.45) is 1.95. The first-order valence-corrected chi connectivity index (χ1v) is 6.38. The Kier molecular flexibility index (Phi) is 3.53. The standard InChI is InChI=1S/C15H18BNO2/c1-14(2)15(3,4)19-16(18-14)10-9-12-5-7-13(11-17)8-6-12/h5-10H,1-4H3/b10-9+. The quantitative estimate of drug-likeness (QED) is 0.762. The van der Waals surface area contributed by atoms with E-state index in [0.29, 0.717) is 5.56 Å². The second-order valence-electron chi connectivity index (χ2n) is 5.72. The topological polar surface area (TPSA) is 42.2 Å². The third-order valence-electron chi connectivity index (χ3n) is 3.76. The second-order valence-corrected chi connectivity index (χ2v) is 5.72. The molecule has 0 N–H and O–H groups in total. The molecule has 98 valence electrons. The van der Waals surface area contributed by atoms with E-state index in [1.165, 1.54) is 0 Å². The highest BCUT2D eigenvalue weighted by molar-refractivity contribution is 6.52. The van der Waals surface area contributed by atoms with E-state index in [9.17, 15) is 0 Å². The van der Waals surface area contributed by atoms with Crippen LogP contribution >= 0.6 is 0 Å². The van der Waals surface area contributed by atoms with Gasteiger partial charge in [-0.2, -0.15) is 5.26 Å². The number of nitrogens with zero attached hydrogens (tertiary/aromatic N) is 1. The Morgan fingerprint density at radius 2 is 1.58 bits per heavy atom. The molecule has 3 nitrogen and oxygen atoms in total. The maximum atomic E-state index is 8.74. The van der Waals surface area contributed by atoms with Crippen LogP contribution in [0.3, 0.4) is 0 Å². The van der Waals surface area contributed by atoms with Crippen LogP contribution < -0.4 is 0 Å². The maximum absolute atomic E-state index is 8.74. The lowest BCUT2D eigenvalue weighted by Gasteiger charge is -2.32. The molecular formula is C15H18BNO2. The average molecular weight is 255 g/mol. The first-order chi connectivity index (χ1) is 8.84. The van der Waals surface area contributed by atoms with Gasteiger partial charge in [0.1, 0.15) is 0 Å². The molecule has 19 heavy (non-hydrogen) atoms. The Morgan fingerprint density at radius 3 is 2.05 bits per heavy atom. The van der Waals surface area contributed by atoms with E-state index in [2.05, 4.69) is 6.07 Å². The smallest absolute Gasteiger partial charge is 0.400 e. The van der Waals surface area contributed by atoms with Gasteiger partial charge in [0, 0.05) is 0 Å². The zero-order valence-electron chi connectivity index (χ0n) is 11.8. The Balaban J connectivity index is 2.06. The van der Waals surface area contributed by atoms with Gasteiger partial charge in [-0.3, -0.25) is 0 Å². The largest absolute Gasteiger partial charge is 0.487 e. The Hall–Kier alpha value is -1.57. The van der Waals surface area contributed by atoms with Crippen molar-refractivity contribution in [3.8, 4) is 6.07 Å². The van der Waals surface area contributed by atoms with Gasteiger partial charge in [0.2, 0.25) is 0 Å². The van der Waals surface area contributed by atoms with Crippen LogP contribution in [0.1, 0.15) is 38.8 Å². The van der Waals surface area contributed by atoms with Crippen molar-refractivity contribution in [3.63, 3.8) is 0 Å². The minimum Gasteiger partial charge on any atom is -0.400 e. The van der Waals surface area contributed by atoms with E-state index in [1.54, 1.807) is 12.1 Å². The lowest BCUT2D eigenvalue weighted by Crippen LogP contribution is -2.41. The predicted octanol–water partition coefficient (Wildman–Crippen LogP) is 3.20. The van der Waals surface area contributed by atoms with Gasteiger partial charge in [0.25, 0.3) is 0 Å². The Labute approximate surface area is 115 Å². The van der Waals surface area contributed by atoms with E-state index in [-0.39, 0.29) is 18.3 Å². The fourth-order valence-electron chi connectivity index (χ4n) is 1.83. The van der Waals surface area contributed by atoms with Gasteiger partial charge in [-0.25, -0.2) is 0 Å². The molecule has 1 heterocycles. The van der Waals surface area contributed by atoms with Crippen molar-refractivity contribution >= 4 is 13.2 Å². The highest BCUT2D eigenvalue weighted by Crippen LogP contribution is 2.36. The van der Waals surface area contributed by atoms with Crippen molar-refractivity contribution in [2.45, 2.75) is 38.9 Å². The summed E-state index contributed by atoms with van der Waals surface area (Å²) in [6, 6.07) is 9.50. The summed E-state index contributed by atoms with van der Waals surface area (Å²) in [5.41, 5.74) is 1.06. The van der Waals surface area contributed by atoms with Gasteiger partial charge < -0.3 is 9.31 Å². The molecule has 0 aromatic heterocycles. The molecular weight excluding hydrogens is 237 g/mol. The van der Waals surface area contributed by atoms with Gasteiger partial charge in [-0.1, -0.05) is 24.2 Å². The molecule has 1 fully saturated rings. The number of benzene rings is 1. The van der Waals surface area contributed by atoms with E-state index in [4.69, 9.17) is 14.6 Å². The summed E-state index contributed by atoms with van der Waals surface area (Å²) in [5.74, 6) is 1.90. The summed E-state index contributed by atoms with van der Waals surface area (Å²) in [6.45, 7) is 8.12. The molecule has 1 saturated heterocycles. The summed E-state index contributed by atoms with van der Waals surface area (Å²) < 4.78 is 11.7. The molecule has 0 amide bonds. The van der Waals surface area contributed by atoms with E-state index >= 15 is 0 Å². The summed E-state index contributed by atoms with van der Waals surface area (Å²) in [4.78, 5) is 0. The number of nitriles is 1. The molecule has 0 radical (unpaired) electrons. The Morgan fingerprint density at radius 1 is 1.05 bits per heavy atom. The highest BCUT2D eigenvalue weighted by atomic mass is 16.7. The van der Waals surface area contributed by atoms with Crippen LogP contribution in [-0.2, 0) is 9.31 Å². The predicted molar refractivity (Wildman–Crippen MR) is 76.3 cm³/mol. The summed E-state index contributed by atoms with van der Waals surface area (Å²) in [7, 11) is -0.333. The minimum atomic E-state index is -0.333. The zero-order chi connectivity index (χ0) is 14.1. The third-order valence-corrected chi connectivity index (χ3v) is 3.76. The fourth-order valence-corrected chi connectivity index (χ4v) is 1.83.